The minimum Gasteiger partial charge on any atom is -0.478 e. The van der Waals surface area contributed by atoms with Crippen LogP contribution in [-0.4, -0.2) is 17.1 Å². The molecule has 7 heteroatoms. The number of hydrogen-bond acceptors (Lipinski definition) is 3. The quantitative estimate of drug-likeness (QED) is 0.811. The van der Waals surface area contributed by atoms with E-state index in [4.69, 9.17) is 5.11 Å². The number of rotatable bonds is 4. The summed E-state index contributed by atoms with van der Waals surface area (Å²) in [6, 6.07) is 6.35. The number of hydrogen-bond donors (Lipinski definition) is 3. The number of nitrogens with one attached hydrogen (secondary N) is 2. The van der Waals surface area contributed by atoms with Crippen LogP contribution in [-0.2, 0) is 6.54 Å². The van der Waals surface area contributed by atoms with Crippen LogP contribution in [0.5, 0.6) is 0 Å². The molecule has 110 valence electrons. The number of halogens is 1. The third-order valence-corrected chi connectivity index (χ3v) is 3.68. The van der Waals surface area contributed by atoms with Crippen molar-refractivity contribution in [2.45, 2.75) is 13.5 Å². The summed E-state index contributed by atoms with van der Waals surface area (Å²) in [5, 5.41) is 13.9. The van der Waals surface area contributed by atoms with Gasteiger partial charge in [0.25, 0.3) is 0 Å². The van der Waals surface area contributed by atoms with Gasteiger partial charge in [-0.3, -0.25) is 0 Å². The first-order valence-corrected chi connectivity index (χ1v) is 6.90. The lowest BCUT2D eigenvalue weighted by molar-refractivity contribution is 0.0698. The van der Waals surface area contributed by atoms with Crippen LogP contribution in [0.4, 0.5) is 14.9 Å². The number of carbonyl (C=O) groups excluding carboxylic acids is 1. The van der Waals surface area contributed by atoms with Crippen LogP contribution in [0.1, 0.15) is 20.1 Å². The topological polar surface area (TPSA) is 78.4 Å². The zero-order valence-electron chi connectivity index (χ0n) is 11.1. The van der Waals surface area contributed by atoms with Crippen LogP contribution in [0.25, 0.3) is 0 Å². The lowest BCUT2D eigenvalue weighted by Gasteiger charge is -2.09. The Kier molecular flexibility index (Phi) is 4.54. The molecular weight excluding hydrogens is 295 g/mol. The minimum absolute atomic E-state index is 0.0811. The molecular formula is C14H13FN2O3S. The molecule has 0 saturated heterocycles. The standard InChI is InChI=1S/C14H13FN2O3S/c1-8-2-4-10(21-8)7-16-14(20)17-12-6-9(15)3-5-11(12)13(18)19/h2-6H,7H2,1H3,(H,18,19)(H2,16,17,20). The van der Waals surface area contributed by atoms with Gasteiger partial charge in [0.2, 0.25) is 0 Å². The van der Waals surface area contributed by atoms with Crippen LogP contribution in [0.15, 0.2) is 30.3 Å². The van der Waals surface area contributed by atoms with Gasteiger partial charge in [0.15, 0.2) is 0 Å². The van der Waals surface area contributed by atoms with Gasteiger partial charge in [-0.1, -0.05) is 0 Å². The molecule has 0 aliphatic carbocycles. The van der Waals surface area contributed by atoms with Gasteiger partial charge < -0.3 is 15.7 Å². The average molecular weight is 308 g/mol. The Hall–Kier alpha value is -2.41. The molecule has 0 bridgehead atoms. The van der Waals surface area contributed by atoms with Crippen molar-refractivity contribution in [3.05, 3.63) is 51.5 Å². The third-order valence-electron chi connectivity index (χ3n) is 2.68. The molecule has 0 aliphatic rings. The molecule has 0 atom stereocenters. The van der Waals surface area contributed by atoms with Crippen molar-refractivity contribution in [1.82, 2.24) is 5.32 Å². The van der Waals surface area contributed by atoms with Crippen LogP contribution in [0, 0.1) is 12.7 Å². The lowest BCUT2D eigenvalue weighted by Crippen LogP contribution is -2.28. The second-order valence-electron chi connectivity index (χ2n) is 4.32. The maximum absolute atomic E-state index is 13.2. The number of anilines is 1. The van der Waals surface area contributed by atoms with Gasteiger partial charge in [0.1, 0.15) is 5.82 Å². The number of carbonyl (C=O) groups is 2. The zero-order valence-corrected chi connectivity index (χ0v) is 12.0. The normalized spacial score (nSPS) is 10.2. The van der Waals surface area contributed by atoms with Crippen molar-refractivity contribution in [3.8, 4) is 0 Å². The molecule has 1 heterocycles. The van der Waals surface area contributed by atoms with E-state index in [1.165, 1.54) is 0 Å². The smallest absolute Gasteiger partial charge is 0.337 e. The maximum atomic E-state index is 13.2. The Morgan fingerprint density at radius 1 is 1.29 bits per heavy atom. The summed E-state index contributed by atoms with van der Waals surface area (Å²) in [7, 11) is 0. The monoisotopic (exact) mass is 308 g/mol. The molecule has 0 saturated carbocycles. The Labute approximate surface area is 124 Å². The Bertz CT molecular complexity index is 685. The van der Waals surface area contributed by atoms with Gasteiger partial charge in [0, 0.05) is 9.75 Å². The van der Waals surface area contributed by atoms with Crippen LogP contribution >= 0.6 is 11.3 Å². The summed E-state index contributed by atoms with van der Waals surface area (Å²) < 4.78 is 13.2. The van der Waals surface area contributed by atoms with Crippen molar-refractivity contribution in [2.75, 3.05) is 5.32 Å². The van der Waals surface area contributed by atoms with E-state index >= 15 is 0 Å². The molecule has 2 aromatic rings. The van der Waals surface area contributed by atoms with Crippen LogP contribution < -0.4 is 10.6 Å². The molecule has 5 nitrogen and oxygen atoms in total. The fourth-order valence-electron chi connectivity index (χ4n) is 1.72. The summed E-state index contributed by atoms with van der Waals surface area (Å²) in [4.78, 5) is 24.9. The number of aryl methyl sites for hydroxylation is 1. The van der Waals surface area contributed by atoms with E-state index in [1.807, 2.05) is 19.1 Å². The van der Waals surface area contributed by atoms with Gasteiger partial charge in [0.05, 0.1) is 17.8 Å². The second kappa shape index (κ2) is 6.36. The summed E-state index contributed by atoms with van der Waals surface area (Å²) >= 11 is 1.55. The van der Waals surface area contributed by atoms with Crippen LogP contribution in [0.2, 0.25) is 0 Å². The van der Waals surface area contributed by atoms with E-state index < -0.39 is 17.8 Å². The van der Waals surface area contributed by atoms with Crippen molar-refractivity contribution in [2.24, 2.45) is 0 Å². The Morgan fingerprint density at radius 2 is 2.05 bits per heavy atom. The number of carboxylic acid groups (broad SMARTS) is 1. The highest BCUT2D eigenvalue weighted by Crippen LogP contribution is 2.18. The van der Waals surface area contributed by atoms with E-state index in [9.17, 15) is 14.0 Å². The lowest BCUT2D eigenvalue weighted by atomic mass is 10.2. The second-order valence-corrected chi connectivity index (χ2v) is 5.69. The molecule has 0 radical (unpaired) electrons. The predicted molar refractivity (Wildman–Crippen MR) is 78.3 cm³/mol. The first-order chi connectivity index (χ1) is 9.95. The van der Waals surface area contributed by atoms with Crippen LogP contribution in [0.3, 0.4) is 0 Å². The number of urea groups is 1. The fraction of sp³-hybridized carbons (Fsp3) is 0.143. The fourth-order valence-corrected chi connectivity index (χ4v) is 2.55. The third kappa shape index (κ3) is 4.03. The molecule has 21 heavy (non-hydrogen) atoms. The van der Waals surface area contributed by atoms with Gasteiger partial charge in [-0.05, 0) is 37.3 Å². The molecule has 2 amide bonds. The number of thiophene rings is 1. The average Bonchev–Trinajstić information content (AvgIpc) is 2.82. The first-order valence-electron chi connectivity index (χ1n) is 6.08. The summed E-state index contributed by atoms with van der Waals surface area (Å²) in [5.41, 5.74) is -0.249. The summed E-state index contributed by atoms with van der Waals surface area (Å²) in [5.74, 6) is -1.86. The molecule has 1 aromatic heterocycles. The zero-order chi connectivity index (χ0) is 15.4. The number of carboxylic acids is 1. The van der Waals surface area contributed by atoms with Gasteiger partial charge >= 0.3 is 12.0 Å². The number of benzene rings is 1. The first kappa shape index (κ1) is 15.0. The largest absolute Gasteiger partial charge is 0.478 e. The van der Waals surface area contributed by atoms with Crippen molar-refractivity contribution < 1.29 is 19.1 Å². The molecule has 0 unspecified atom stereocenters. The van der Waals surface area contributed by atoms with Gasteiger partial charge in [-0.2, -0.15) is 0 Å². The highest BCUT2D eigenvalue weighted by atomic mass is 32.1. The molecule has 0 aliphatic heterocycles. The van der Waals surface area contributed by atoms with Crippen molar-refractivity contribution in [1.29, 1.82) is 0 Å². The summed E-state index contributed by atoms with van der Waals surface area (Å²) in [6.45, 7) is 2.28. The van der Waals surface area contributed by atoms with E-state index in [0.29, 0.717) is 6.54 Å². The van der Waals surface area contributed by atoms with Crippen molar-refractivity contribution >= 4 is 29.0 Å². The maximum Gasteiger partial charge on any atom is 0.337 e. The number of amides is 2. The van der Waals surface area contributed by atoms with E-state index in [0.717, 1.165) is 28.0 Å². The Morgan fingerprint density at radius 3 is 2.67 bits per heavy atom. The van der Waals surface area contributed by atoms with Gasteiger partial charge in [-0.25, -0.2) is 14.0 Å². The molecule has 0 spiro atoms. The highest BCUT2D eigenvalue weighted by molar-refractivity contribution is 7.11. The number of aromatic carboxylic acids is 1. The summed E-state index contributed by atoms with van der Waals surface area (Å²) in [6.07, 6.45) is 0. The van der Waals surface area contributed by atoms with Crippen molar-refractivity contribution in [3.63, 3.8) is 0 Å². The molecule has 2 rings (SSSR count). The Balaban J connectivity index is 2.02. The van der Waals surface area contributed by atoms with E-state index in [-0.39, 0.29) is 11.3 Å². The van der Waals surface area contributed by atoms with E-state index in [2.05, 4.69) is 10.6 Å². The minimum atomic E-state index is -1.24. The van der Waals surface area contributed by atoms with E-state index in [1.54, 1.807) is 11.3 Å². The molecule has 3 N–H and O–H groups in total. The predicted octanol–water partition coefficient (Wildman–Crippen LogP) is 3.22. The molecule has 0 fully saturated rings. The molecule has 1 aromatic carbocycles. The highest BCUT2D eigenvalue weighted by Gasteiger charge is 2.13. The van der Waals surface area contributed by atoms with Gasteiger partial charge in [-0.15, -0.1) is 11.3 Å². The SMILES string of the molecule is Cc1ccc(CNC(=O)Nc2cc(F)ccc2C(=O)O)s1.